The minimum atomic E-state index is -0.0694. The summed E-state index contributed by atoms with van der Waals surface area (Å²) in [6.07, 6.45) is 12.0. The molecule has 0 N–H and O–H groups in total. The van der Waals surface area contributed by atoms with Crippen LogP contribution in [0.3, 0.4) is 0 Å². The second kappa shape index (κ2) is 3.24. The Morgan fingerprint density at radius 2 is 1.47 bits per heavy atom. The zero-order chi connectivity index (χ0) is 11.5. The third-order valence-electron chi connectivity index (χ3n) is 6.12. The number of azo groups is 1. The van der Waals surface area contributed by atoms with Gasteiger partial charge < -0.3 is 5.21 Å². The average Bonchev–Trinajstić information content (AvgIpc) is 3.09. The molecule has 0 aromatic rings. The van der Waals surface area contributed by atoms with Crippen molar-refractivity contribution in [1.82, 2.24) is 0 Å². The monoisotopic (exact) mass is 234 g/mol. The van der Waals surface area contributed by atoms with Gasteiger partial charge in [0, 0.05) is 19.3 Å². The molecule has 0 spiro atoms. The van der Waals surface area contributed by atoms with Crippen LogP contribution in [0.1, 0.15) is 64.2 Å². The predicted octanol–water partition coefficient (Wildman–Crippen LogP) is 3.61. The molecule has 4 fully saturated rings. The molecule has 0 atom stereocenters. The first-order valence-corrected chi connectivity index (χ1v) is 7.40. The maximum Gasteiger partial charge on any atom is 0.199 e. The second-order valence-electron chi connectivity index (χ2n) is 7.12. The zero-order valence-corrected chi connectivity index (χ0v) is 10.5. The van der Waals surface area contributed by atoms with E-state index in [1.54, 1.807) is 0 Å². The molecular weight excluding hydrogens is 212 g/mol. The van der Waals surface area contributed by atoms with Gasteiger partial charge in [0.1, 0.15) is 5.54 Å². The lowest BCUT2D eigenvalue weighted by molar-refractivity contribution is -0.615. The van der Waals surface area contributed by atoms with Crippen LogP contribution in [0, 0.1) is 17.0 Å². The highest BCUT2D eigenvalue weighted by Crippen LogP contribution is 2.53. The van der Waals surface area contributed by atoms with Gasteiger partial charge in [0.25, 0.3) is 0 Å². The van der Waals surface area contributed by atoms with Gasteiger partial charge in [0.2, 0.25) is 0 Å². The highest BCUT2D eigenvalue weighted by Gasteiger charge is 2.55. The Hall–Kier alpha value is -0.600. The Morgan fingerprint density at radius 1 is 0.882 bits per heavy atom. The van der Waals surface area contributed by atoms with Crippen molar-refractivity contribution < 1.29 is 4.86 Å². The van der Waals surface area contributed by atoms with Gasteiger partial charge >= 0.3 is 0 Å². The van der Waals surface area contributed by atoms with Gasteiger partial charge in [-0.25, -0.2) is 0 Å². The SMILES string of the molecule is [O-][N+](=NC12CCC(CC1)C2)C12CCC(CC1)C2. The molecule has 3 nitrogen and oxygen atoms in total. The lowest BCUT2D eigenvalue weighted by atomic mass is 9.93. The predicted molar refractivity (Wildman–Crippen MR) is 64.7 cm³/mol. The largest absolute Gasteiger partial charge is 0.599 e. The van der Waals surface area contributed by atoms with Crippen LogP contribution in [0.5, 0.6) is 0 Å². The quantitative estimate of drug-likeness (QED) is 0.408. The number of fused-ring (bicyclic) bond motifs is 4. The van der Waals surface area contributed by atoms with Gasteiger partial charge in [0.05, 0.1) is 0 Å². The number of hydrogen-bond donors (Lipinski definition) is 0. The molecule has 4 aliphatic carbocycles. The van der Waals surface area contributed by atoms with Crippen LogP contribution in [0.15, 0.2) is 5.11 Å². The summed E-state index contributed by atoms with van der Waals surface area (Å²) >= 11 is 0. The van der Waals surface area contributed by atoms with Gasteiger partial charge in [-0.05, 0) is 61.9 Å². The minimum Gasteiger partial charge on any atom is -0.599 e. The van der Waals surface area contributed by atoms with Crippen LogP contribution >= 0.6 is 0 Å². The van der Waals surface area contributed by atoms with E-state index in [4.69, 9.17) is 5.11 Å². The molecule has 0 aromatic heterocycles. The summed E-state index contributed by atoms with van der Waals surface area (Å²) in [6.45, 7) is 0. The van der Waals surface area contributed by atoms with Crippen LogP contribution in [0.4, 0.5) is 0 Å². The molecule has 4 saturated carbocycles. The Balaban J connectivity index is 1.62. The van der Waals surface area contributed by atoms with Crippen LogP contribution in [0.25, 0.3) is 0 Å². The Kier molecular flexibility index (Phi) is 1.97. The average molecular weight is 234 g/mol. The lowest BCUT2D eigenvalue weighted by Crippen LogP contribution is -2.36. The van der Waals surface area contributed by atoms with Crippen molar-refractivity contribution in [3.8, 4) is 0 Å². The van der Waals surface area contributed by atoms with Crippen molar-refractivity contribution in [3.63, 3.8) is 0 Å². The van der Waals surface area contributed by atoms with E-state index < -0.39 is 0 Å². The fourth-order valence-corrected chi connectivity index (χ4v) is 5.03. The van der Waals surface area contributed by atoms with Crippen molar-refractivity contribution in [2.45, 2.75) is 75.3 Å². The molecule has 0 unspecified atom stereocenters. The van der Waals surface area contributed by atoms with Gasteiger partial charge in [-0.2, -0.15) is 0 Å². The molecule has 0 amide bonds. The molecular formula is C14H22N2O. The summed E-state index contributed by atoms with van der Waals surface area (Å²) in [4.78, 5) is 1.20. The van der Waals surface area contributed by atoms with Gasteiger partial charge in [0.15, 0.2) is 5.54 Å². The van der Waals surface area contributed by atoms with E-state index in [9.17, 15) is 5.21 Å². The Morgan fingerprint density at radius 3 is 1.94 bits per heavy atom. The number of hydroxylamine groups is 1. The van der Waals surface area contributed by atoms with Crippen molar-refractivity contribution in [1.29, 1.82) is 0 Å². The maximum atomic E-state index is 12.5. The normalized spacial score (nSPS) is 52.6. The van der Waals surface area contributed by atoms with Crippen LogP contribution in [0.2, 0.25) is 0 Å². The fraction of sp³-hybridized carbons (Fsp3) is 1.00. The molecule has 0 saturated heterocycles. The molecule has 0 aromatic carbocycles. The molecule has 17 heavy (non-hydrogen) atoms. The highest BCUT2D eigenvalue weighted by molar-refractivity contribution is 5.02. The second-order valence-corrected chi connectivity index (χ2v) is 7.12. The number of rotatable bonds is 2. The van der Waals surface area contributed by atoms with E-state index in [0.717, 1.165) is 31.1 Å². The topological polar surface area (TPSA) is 38.4 Å². The first-order chi connectivity index (χ1) is 8.20. The summed E-state index contributed by atoms with van der Waals surface area (Å²) < 4.78 is 0. The molecule has 0 aliphatic heterocycles. The van der Waals surface area contributed by atoms with Crippen LogP contribution in [-0.2, 0) is 0 Å². The van der Waals surface area contributed by atoms with Crippen molar-refractivity contribution in [3.05, 3.63) is 5.21 Å². The molecule has 4 rings (SSSR count). The first kappa shape index (κ1) is 10.3. The number of hydrogen-bond acceptors (Lipinski definition) is 2. The van der Waals surface area contributed by atoms with Crippen molar-refractivity contribution in [2.75, 3.05) is 0 Å². The fourth-order valence-electron chi connectivity index (χ4n) is 5.03. The first-order valence-electron chi connectivity index (χ1n) is 7.40. The van der Waals surface area contributed by atoms with Gasteiger partial charge in [-0.15, -0.1) is 0 Å². The smallest absolute Gasteiger partial charge is 0.199 e. The minimum absolute atomic E-state index is 0.0694. The molecule has 0 heterocycles. The Bertz CT molecular complexity index is 360. The molecule has 4 bridgehead atoms. The lowest BCUT2D eigenvalue weighted by Gasteiger charge is -2.26. The van der Waals surface area contributed by atoms with E-state index in [0.29, 0.717) is 0 Å². The summed E-state index contributed by atoms with van der Waals surface area (Å²) in [5, 5.41) is 17.2. The summed E-state index contributed by atoms with van der Waals surface area (Å²) in [7, 11) is 0. The van der Waals surface area contributed by atoms with Crippen molar-refractivity contribution >= 4 is 0 Å². The zero-order valence-electron chi connectivity index (χ0n) is 10.5. The summed E-state index contributed by atoms with van der Waals surface area (Å²) in [5.74, 6) is 1.71. The molecule has 3 heteroatoms. The van der Waals surface area contributed by atoms with Gasteiger partial charge in [-0.3, -0.25) is 0 Å². The molecule has 94 valence electrons. The van der Waals surface area contributed by atoms with E-state index in [1.807, 2.05) is 0 Å². The van der Waals surface area contributed by atoms with E-state index in [-0.39, 0.29) is 11.1 Å². The highest BCUT2D eigenvalue weighted by atomic mass is 16.5. The molecule has 4 aliphatic rings. The van der Waals surface area contributed by atoms with Crippen LogP contribution in [-0.4, -0.2) is 15.9 Å². The molecule has 0 radical (unpaired) electrons. The number of nitrogens with zero attached hydrogens (tertiary/aromatic N) is 2. The van der Waals surface area contributed by atoms with E-state index >= 15 is 0 Å². The Labute approximate surface area is 103 Å². The standard InChI is InChI=1S/C14H22N2O/c17-16(14-7-3-12(10-14)4-8-14)15-13-5-1-11(9-13)2-6-13/h11-12H,1-10H2. The third kappa shape index (κ3) is 1.40. The van der Waals surface area contributed by atoms with E-state index in [1.165, 1.54) is 49.8 Å². The third-order valence-corrected chi connectivity index (χ3v) is 6.12. The van der Waals surface area contributed by atoms with Crippen LogP contribution < -0.4 is 0 Å². The van der Waals surface area contributed by atoms with Gasteiger partial charge in [-0.1, -0.05) is 4.86 Å². The van der Waals surface area contributed by atoms with E-state index in [2.05, 4.69) is 0 Å². The summed E-state index contributed by atoms with van der Waals surface area (Å²) in [5.41, 5.74) is 0.00192. The van der Waals surface area contributed by atoms with Crippen molar-refractivity contribution in [2.24, 2.45) is 17.0 Å². The summed E-state index contributed by atoms with van der Waals surface area (Å²) in [6, 6.07) is 0. The maximum absolute atomic E-state index is 12.5.